The number of rotatable bonds is 7. The third kappa shape index (κ3) is 3.87. The first-order valence-corrected chi connectivity index (χ1v) is 7.13. The van der Waals surface area contributed by atoms with Gasteiger partial charge in [0.25, 0.3) is 0 Å². The normalized spacial score (nSPS) is 16.6. The molecular weight excluding hydrogens is 241 g/mol. The molecule has 0 bridgehead atoms. The summed E-state index contributed by atoms with van der Waals surface area (Å²) in [6.45, 7) is 6.75. The van der Waals surface area contributed by atoms with Crippen molar-refractivity contribution in [2.75, 3.05) is 19.6 Å². The molecule has 0 saturated heterocycles. The van der Waals surface area contributed by atoms with Crippen LogP contribution in [-0.4, -0.2) is 30.3 Å². The fraction of sp³-hybridized carbons (Fsp3) is 0.562. The third-order valence-electron chi connectivity index (χ3n) is 3.78. The molecule has 0 amide bonds. The van der Waals surface area contributed by atoms with E-state index in [0.717, 1.165) is 25.6 Å². The summed E-state index contributed by atoms with van der Waals surface area (Å²) in [6, 6.07) is 6.25. The lowest BCUT2D eigenvalue weighted by Gasteiger charge is -2.23. The zero-order chi connectivity index (χ0) is 13.8. The van der Waals surface area contributed by atoms with E-state index >= 15 is 0 Å². The van der Waals surface area contributed by atoms with Gasteiger partial charge < -0.3 is 4.90 Å². The van der Waals surface area contributed by atoms with Crippen LogP contribution >= 0.6 is 0 Å². The van der Waals surface area contributed by atoms with Gasteiger partial charge in [0.1, 0.15) is 5.82 Å². The van der Waals surface area contributed by atoms with Gasteiger partial charge in [-0.1, -0.05) is 26.0 Å². The van der Waals surface area contributed by atoms with Crippen LogP contribution in [0.5, 0.6) is 0 Å². The number of benzene rings is 1. The summed E-state index contributed by atoms with van der Waals surface area (Å²) in [7, 11) is 0. The van der Waals surface area contributed by atoms with E-state index in [9.17, 15) is 9.18 Å². The van der Waals surface area contributed by atoms with Gasteiger partial charge in [0.05, 0.1) is 5.56 Å². The lowest BCUT2D eigenvalue weighted by molar-refractivity contribution is 0.0889. The molecule has 0 aromatic heterocycles. The average Bonchev–Trinajstić information content (AvgIpc) is 3.21. The van der Waals surface area contributed by atoms with Gasteiger partial charge in [-0.15, -0.1) is 0 Å². The van der Waals surface area contributed by atoms with Crippen LogP contribution in [0.25, 0.3) is 0 Å². The second-order valence-electron chi connectivity index (χ2n) is 5.54. The Kier molecular flexibility index (Phi) is 4.70. The zero-order valence-corrected chi connectivity index (χ0v) is 11.7. The Bertz CT molecular complexity index is 442. The highest BCUT2D eigenvalue weighted by Gasteiger charge is 2.26. The first kappa shape index (κ1) is 14.2. The SMILES string of the molecule is CCN(CC1CC1)CC(C)C(=O)c1ccccc1F. The van der Waals surface area contributed by atoms with Gasteiger partial charge in [-0.05, 0) is 37.4 Å². The minimum atomic E-state index is -0.412. The number of hydrogen-bond donors (Lipinski definition) is 0. The molecule has 1 atom stereocenters. The van der Waals surface area contributed by atoms with Crippen LogP contribution in [0.15, 0.2) is 24.3 Å². The van der Waals surface area contributed by atoms with Gasteiger partial charge in [-0.3, -0.25) is 4.79 Å². The maximum atomic E-state index is 13.6. The van der Waals surface area contributed by atoms with E-state index in [1.54, 1.807) is 18.2 Å². The van der Waals surface area contributed by atoms with Crippen molar-refractivity contribution in [2.24, 2.45) is 11.8 Å². The summed E-state index contributed by atoms with van der Waals surface area (Å²) in [5, 5.41) is 0. The fourth-order valence-corrected chi connectivity index (χ4v) is 2.40. The van der Waals surface area contributed by atoms with Crippen LogP contribution in [0.1, 0.15) is 37.0 Å². The van der Waals surface area contributed by atoms with Gasteiger partial charge in [-0.2, -0.15) is 0 Å². The van der Waals surface area contributed by atoms with Gasteiger partial charge in [-0.25, -0.2) is 4.39 Å². The second kappa shape index (κ2) is 6.29. The number of hydrogen-bond acceptors (Lipinski definition) is 2. The van der Waals surface area contributed by atoms with Crippen molar-refractivity contribution in [3.8, 4) is 0 Å². The highest BCUT2D eigenvalue weighted by molar-refractivity contribution is 5.98. The van der Waals surface area contributed by atoms with Gasteiger partial charge >= 0.3 is 0 Å². The molecule has 0 spiro atoms. The number of Topliss-reactive ketones (excluding diaryl/α,β-unsaturated/α-hetero) is 1. The molecule has 1 aliphatic rings. The first-order valence-electron chi connectivity index (χ1n) is 7.13. The molecule has 0 N–H and O–H groups in total. The molecule has 1 saturated carbocycles. The van der Waals surface area contributed by atoms with E-state index < -0.39 is 5.82 Å². The maximum Gasteiger partial charge on any atom is 0.169 e. The molecule has 1 aromatic carbocycles. The van der Waals surface area contributed by atoms with Gasteiger partial charge in [0, 0.05) is 19.0 Å². The molecule has 0 heterocycles. The maximum absolute atomic E-state index is 13.6. The van der Waals surface area contributed by atoms with Crippen molar-refractivity contribution < 1.29 is 9.18 Å². The smallest absolute Gasteiger partial charge is 0.169 e. The van der Waals surface area contributed by atoms with Crippen LogP contribution in [0.4, 0.5) is 4.39 Å². The molecule has 104 valence electrons. The Labute approximate surface area is 114 Å². The third-order valence-corrected chi connectivity index (χ3v) is 3.78. The van der Waals surface area contributed by atoms with E-state index in [0.29, 0.717) is 0 Å². The van der Waals surface area contributed by atoms with Crippen molar-refractivity contribution in [3.63, 3.8) is 0 Å². The lowest BCUT2D eigenvalue weighted by Crippen LogP contribution is -2.33. The van der Waals surface area contributed by atoms with Crippen molar-refractivity contribution in [3.05, 3.63) is 35.6 Å². The predicted octanol–water partition coefficient (Wildman–Crippen LogP) is 3.38. The van der Waals surface area contributed by atoms with Crippen LogP contribution in [0.2, 0.25) is 0 Å². The summed E-state index contributed by atoms with van der Waals surface area (Å²) in [6.07, 6.45) is 2.62. The molecule has 3 heteroatoms. The summed E-state index contributed by atoms with van der Waals surface area (Å²) < 4.78 is 13.6. The summed E-state index contributed by atoms with van der Waals surface area (Å²) in [5.74, 6) is 0.156. The minimum absolute atomic E-state index is 0.0904. The van der Waals surface area contributed by atoms with Crippen molar-refractivity contribution in [1.82, 2.24) is 4.90 Å². The van der Waals surface area contributed by atoms with Crippen LogP contribution in [0.3, 0.4) is 0 Å². The largest absolute Gasteiger partial charge is 0.303 e. The molecule has 1 aromatic rings. The van der Waals surface area contributed by atoms with Crippen molar-refractivity contribution in [2.45, 2.75) is 26.7 Å². The molecule has 2 rings (SSSR count). The Hall–Kier alpha value is -1.22. The van der Waals surface area contributed by atoms with Crippen molar-refractivity contribution >= 4 is 5.78 Å². The summed E-state index contributed by atoms with van der Waals surface area (Å²) in [4.78, 5) is 14.6. The van der Waals surface area contributed by atoms with E-state index in [-0.39, 0.29) is 17.3 Å². The van der Waals surface area contributed by atoms with E-state index in [4.69, 9.17) is 0 Å². The highest BCUT2D eigenvalue weighted by atomic mass is 19.1. The summed E-state index contributed by atoms with van der Waals surface area (Å²) in [5.41, 5.74) is 0.220. The Morgan fingerprint density at radius 3 is 2.68 bits per heavy atom. The van der Waals surface area contributed by atoms with Gasteiger partial charge in [0.2, 0.25) is 0 Å². The molecule has 19 heavy (non-hydrogen) atoms. The number of ketones is 1. The topological polar surface area (TPSA) is 20.3 Å². The first-order chi connectivity index (χ1) is 9.11. The molecule has 2 nitrogen and oxygen atoms in total. The second-order valence-corrected chi connectivity index (χ2v) is 5.54. The minimum Gasteiger partial charge on any atom is -0.303 e. The molecule has 0 aliphatic heterocycles. The zero-order valence-electron chi connectivity index (χ0n) is 11.7. The monoisotopic (exact) mass is 263 g/mol. The average molecular weight is 263 g/mol. The van der Waals surface area contributed by atoms with Gasteiger partial charge in [0.15, 0.2) is 5.78 Å². The van der Waals surface area contributed by atoms with Crippen LogP contribution in [0, 0.1) is 17.7 Å². The molecule has 1 aliphatic carbocycles. The molecular formula is C16H22FNO. The highest BCUT2D eigenvalue weighted by Crippen LogP contribution is 2.30. The fourth-order valence-electron chi connectivity index (χ4n) is 2.40. The van der Waals surface area contributed by atoms with E-state index in [2.05, 4.69) is 11.8 Å². The molecule has 1 unspecified atom stereocenters. The Morgan fingerprint density at radius 1 is 1.42 bits per heavy atom. The molecule has 0 radical (unpaired) electrons. The number of carbonyl (C=O) groups is 1. The van der Waals surface area contributed by atoms with Crippen LogP contribution in [-0.2, 0) is 0 Å². The van der Waals surface area contributed by atoms with E-state index in [1.165, 1.54) is 18.9 Å². The Morgan fingerprint density at radius 2 is 2.11 bits per heavy atom. The Balaban J connectivity index is 1.96. The quantitative estimate of drug-likeness (QED) is 0.703. The number of nitrogens with zero attached hydrogens (tertiary/aromatic N) is 1. The van der Waals surface area contributed by atoms with E-state index in [1.807, 2.05) is 6.92 Å². The lowest BCUT2D eigenvalue weighted by atomic mass is 9.98. The number of halogens is 1. The van der Waals surface area contributed by atoms with Crippen LogP contribution < -0.4 is 0 Å². The number of carbonyl (C=O) groups excluding carboxylic acids is 1. The predicted molar refractivity (Wildman–Crippen MR) is 74.7 cm³/mol. The van der Waals surface area contributed by atoms with Crippen molar-refractivity contribution in [1.29, 1.82) is 0 Å². The standard InChI is InChI=1S/C16H22FNO/c1-3-18(11-13-8-9-13)10-12(2)16(19)14-6-4-5-7-15(14)17/h4-7,12-13H,3,8-11H2,1-2H3. The summed E-state index contributed by atoms with van der Waals surface area (Å²) >= 11 is 0. The molecule has 1 fully saturated rings.